The van der Waals surface area contributed by atoms with E-state index in [1.807, 2.05) is 25.1 Å². The monoisotopic (exact) mass is 245 g/mol. The third kappa shape index (κ3) is 2.75. The van der Waals surface area contributed by atoms with Crippen LogP contribution in [-0.2, 0) is 6.61 Å². The van der Waals surface area contributed by atoms with Crippen LogP contribution in [0.2, 0.25) is 0 Å². The fraction of sp³-hybridized carbons (Fsp3) is 0.231. The van der Waals surface area contributed by atoms with Crippen molar-refractivity contribution in [3.63, 3.8) is 0 Å². The lowest BCUT2D eigenvalue weighted by Crippen LogP contribution is -2.01. The normalized spacial score (nSPS) is 10.2. The van der Waals surface area contributed by atoms with E-state index in [9.17, 15) is 0 Å². The number of hydrogen-bond acceptors (Lipinski definition) is 5. The molecule has 0 fully saturated rings. The Labute approximate surface area is 105 Å². The molecule has 0 aliphatic carbocycles. The lowest BCUT2D eigenvalue weighted by molar-refractivity contribution is 0.271. The second-order valence-electron chi connectivity index (χ2n) is 3.84. The number of benzene rings is 1. The Morgan fingerprint density at radius 2 is 2.17 bits per heavy atom. The third-order valence-corrected chi connectivity index (χ3v) is 2.46. The van der Waals surface area contributed by atoms with Crippen LogP contribution in [0.1, 0.15) is 11.4 Å². The number of methoxy groups -OCH3 is 1. The maximum Gasteiger partial charge on any atom is 0.156 e. The Kier molecular flexibility index (Phi) is 3.74. The van der Waals surface area contributed by atoms with Gasteiger partial charge in [-0.05, 0) is 30.7 Å². The largest absolute Gasteiger partial charge is 0.495 e. The number of nitrogens with zero attached hydrogens (tertiary/aromatic N) is 2. The zero-order valence-corrected chi connectivity index (χ0v) is 10.3. The number of aliphatic hydroxyl groups is 1. The molecule has 0 saturated heterocycles. The fourth-order valence-corrected chi connectivity index (χ4v) is 1.60. The molecule has 5 nitrogen and oxygen atoms in total. The SMILES string of the molecule is COc1ccc(C)cc1Nc1ccnc(CO)n1. The molecule has 0 atom stereocenters. The highest BCUT2D eigenvalue weighted by molar-refractivity contribution is 5.64. The van der Waals surface area contributed by atoms with Crippen LogP contribution in [0.15, 0.2) is 30.5 Å². The zero-order valence-electron chi connectivity index (χ0n) is 10.3. The number of aromatic nitrogens is 2. The van der Waals surface area contributed by atoms with Gasteiger partial charge in [-0.3, -0.25) is 0 Å². The van der Waals surface area contributed by atoms with Crippen molar-refractivity contribution in [2.45, 2.75) is 13.5 Å². The number of hydrogen-bond donors (Lipinski definition) is 2. The second-order valence-corrected chi connectivity index (χ2v) is 3.84. The van der Waals surface area contributed by atoms with Crippen LogP contribution >= 0.6 is 0 Å². The molecule has 1 heterocycles. The first-order chi connectivity index (χ1) is 8.72. The minimum Gasteiger partial charge on any atom is -0.495 e. The van der Waals surface area contributed by atoms with Crippen molar-refractivity contribution in [2.75, 3.05) is 12.4 Å². The Morgan fingerprint density at radius 3 is 2.89 bits per heavy atom. The van der Waals surface area contributed by atoms with E-state index in [1.165, 1.54) is 0 Å². The summed E-state index contributed by atoms with van der Waals surface area (Å²) in [5.74, 6) is 1.74. The van der Waals surface area contributed by atoms with Crippen LogP contribution in [0.25, 0.3) is 0 Å². The van der Waals surface area contributed by atoms with Gasteiger partial charge < -0.3 is 15.2 Å². The summed E-state index contributed by atoms with van der Waals surface area (Å²) >= 11 is 0. The van der Waals surface area contributed by atoms with Gasteiger partial charge in [0, 0.05) is 6.20 Å². The first-order valence-electron chi connectivity index (χ1n) is 5.57. The summed E-state index contributed by atoms with van der Waals surface area (Å²) in [6.07, 6.45) is 1.60. The average molecular weight is 245 g/mol. The van der Waals surface area contributed by atoms with E-state index in [2.05, 4.69) is 15.3 Å². The van der Waals surface area contributed by atoms with E-state index in [0.717, 1.165) is 17.0 Å². The lowest BCUT2D eigenvalue weighted by Gasteiger charge is -2.11. The van der Waals surface area contributed by atoms with Crippen LogP contribution < -0.4 is 10.1 Å². The predicted molar refractivity (Wildman–Crippen MR) is 69.0 cm³/mol. The van der Waals surface area contributed by atoms with Crippen LogP contribution in [0, 0.1) is 6.92 Å². The van der Waals surface area contributed by atoms with Crippen LogP contribution in [0.5, 0.6) is 5.75 Å². The molecule has 18 heavy (non-hydrogen) atoms. The first-order valence-corrected chi connectivity index (χ1v) is 5.57. The fourth-order valence-electron chi connectivity index (χ4n) is 1.60. The summed E-state index contributed by atoms with van der Waals surface area (Å²) in [4.78, 5) is 8.09. The number of aliphatic hydroxyl groups excluding tert-OH is 1. The third-order valence-electron chi connectivity index (χ3n) is 2.46. The van der Waals surface area contributed by atoms with Crippen molar-refractivity contribution in [2.24, 2.45) is 0 Å². The highest BCUT2D eigenvalue weighted by Gasteiger charge is 2.05. The quantitative estimate of drug-likeness (QED) is 0.862. The van der Waals surface area contributed by atoms with Crippen molar-refractivity contribution in [1.82, 2.24) is 9.97 Å². The van der Waals surface area contributed by atoms with E-state index in [0.29, 0.717) is 11.6 Å². The summed E-state index contributed by atoms with van der Waals surface area (Å²) in [6.45, 7) is 1.82. The van der Waals surface area contributed by atoms with Crippen molar-refractivity contribution >= 4 is 11.5 Å². The maximum atomic E-state index is 9.00. The van der Waals surface area contributed by atoms with Crippen LogP contribution in [0.4, 0.5) is 11.5 Å². The molecule has 0 aliphatic heterocycles. The number of aryl methyl sites for hydroxylation is 1. The van der Waals surface area contributed by atoms with E-state index in [-0.39, 0.29) is 6.61 Å². The number of anilines is 2. The molecular formula is C13H15N3O2. The molecule has 0 amide bonds. The van der Waals surface area contributed by atoms with Gasteiger partial charge in [0.15, 0.2) is 5.82 Å². The van der Waals surface area contributed by atoms with Gasteiger partial charge in [-0.25, -0.2) is 9.97 Å². The molecule has 0 saturated carbocycles. The molecule has 2 rings (SSSR count). The highest BCUT2D eigenvalue weighted by atomic mass is 16.5. The lowest BCUT2D eigenvalue weighted by atomic mass is 10.2. The molecule has 0 spiro atoms. The molecule has 0 unspecified atom stereocenters. The van der Waals surface area contributed by atoms with Crippen molar-refractivity contribution in [3.05, 3.63) is 41.9 Å². The van der Waals surface area contributed by atoms with Gasteiger partial charge in [-0.1, -0.05) is 6.07 Å². The van der Waals surface area contributed by atoms with Gasteiger partial charge in [-0.15, -0.1) is 0 Å². The van der Waals surface area contributed by atoms with Gasteiger partial charge in [0.05, 0.1) is 12.8 Å². The summed E-state index contributed by atoms with van der Waals surface area (Å²) in [6, 6.07) is 7.58. The van der Waals surface area contributed by atoms with Crippen molar-refractivity contribution in [1.29, 1.82) is 0 Å². The predicted octanol–water partition coefficient (Wildman–Crippen LogP) is 2.03. The Hall–Kier alpha value is -2.14. The molecule has 5 heteroatoms. The summed E-state index contributed by atoms with van der Waals surface area (Å²) < 4.78 is 5.27. The summed E-state index contributed by atoms with van der Waals surface area (Å²) in [5.41, 5.74) is 1.95. The average Bonchev–Trinajstić information content (AvgIpc) is 2.39. The van der Waals surface area contributed by atoms with Gasteiger partial charge in [-0.2, -0.15) is 0 Å². The van der Waals surface area contributed by atoms with Gasteiger partial charge in [0.2, 0.25) is 0 Å². The molecule has 2 aromatic rings. The van der Waals surface area contributed by atoms with E-state index in [1.54, 1.807) is 19.4 Å². The summed E-state index contributed by atoms with van der Waals surface area (Å²) in [5, 5.41) is 12.1. The standard InChI is InChI=1S/C13H15N3O2/c1-9-3-4-11(18-2)10(7-9)15-12-5-6-14-13(8-17)16-12/h3-7,17H,8H2,1-2H3,(H,14,15,16). The van der Waals surface area contributed by atoms with E-state index < -0.39 is 0 Å². The molecule has 94 valence electrons. The number of nitrogens with one attached hydrogen (secondary N) is 1. The minimum atomic E-state index is -0.180. The molecule has 0 radical (unpaired) electrons. The topological polar surface area (TPSA) is 67.3 Å². The molecule has 1 aromatic carbocycles. The second kappa shape index (κ2) is 5.46. The van der Waals surface area contributed by atoms with Crippen LogP contribution in [0.3, 0.4) is 0 Å². The molecule has 1 aromatic heterocycles. The number of rotatable bonds is 4. The molecule has 0 bridgehead atoms. The van der Waals surface area contributed by atoms with Crippen LogP contribution in [-0.4, -0.2) is 22.2 Å². The van der Waals surface area contributed by atoms with E-state index >= 15 is 0 Å². The molecule has 2 N–H and O–H groups in total. The van der Waals surface area contributed by atoms with E-state index in [4.69, 9.17) is 9.84 Å². The summed E-state index contributed by atoms with van der Waals surface area (Å²) in [7, 11) is 1.62. The Balaban J connectivity index is 2.29. The smallest absolute Gasteiger partial charge is 0.156 e. The first kappa shape index (κ1) is 12.3. The van der Waals surface area contributed by atoms with Gasteiger partial charge in [0.25, 0.3) is 0 Å². The minimum absolute atomic E-state index is 0.180. The van der Waals surface area contributed by atoms with Gasteiger partial charge in [0.1, 0.15) is 18.2 Å². The van der Waals surface area contributed by atoms with Crippen molar-refractivity contribution < 1.29 is 9.84 Å². The van der Waals surface area contributed by atoms with Gasteiger partial charge >= 0.3 is 0 Å². The molecular weight excluding hydrogens is 230 g/mol. The molecule has 0 aliphatic rings. The van der Waals surface area contributed by atoms with Crippen molar-refractivity contribution in [3.8, 4) is 5.75 Å². The number of ether oxygens (including phenoxy) is 1. The Morgan fingerprint density at radius 1 is 1.33 bits per heavy atom. The highest BCUT2D eigenvalue weighted by Crippen LogP contribution is 2.27. The Bertz CT molecular complexity index is 544. The zero-order chi connectivity index (χ0) is 13.0. The maximum absolute atomic E-state index is 9.00.